The van der Waals surface area contributed by atoms with Gasteiger partial charge in [-0.15, -0.1) is 11.8 Å². The summed E-state index contributed by atoms with van der Waals surface area (Å²) in [6.07, 6.45) is 4.36. The minimum absolute atomic E-state index is 0.0385. The van der Waals surface area contributed by atoms with Gasteiger partial charge in [0.15, 0.2) is 5.65 Å². The number of nitrogens with one attached hydrogen (secondary N) is 1. The average Bonchev–Trinajstić information content (AvgIpc) is 3.00. The van der Waals surface area contributed by atoms with Crippen molar-refractivity contribution in [3.63, 3.8) is 0 Å². The van der Waals surface area contributed by atoms with Crippen molar-refractivity contribution >= 4 is 28.6 Å². The van der Waals surface area contributed by atoms with E-state index in [0.717, 1.165) is 29.0 Å². The van der Waals surface area contributed by atoms with Gasteiger partial charge < -0.3 is 10.4 Å². The van der Waals surface area contributed by atoms with Crippen LogP contribution in [0.1, 0.15) is 18.0 Å². The predicted molar refractivity (Wildman–Crippen MR) is 90.6 cm³/mol. The van der Waals surface area contributed by atoms with E-state index in [2.05, 4.69) is 44.6 Å². The van der Waals surface area contributed by atoms with Crippen LogP contribution in [0.15, 0.2) is 41.7 Å². The largest absolute Gasteiger partial charge is 0.394 e. The molecule has 0 radical (unpaired) electrons. The second-order valence-corrected chi connectivity index (χ2v) is 6.56. The quantitative estimate of drug-likeness (QED) is 0.767. The highest BCUT2D eigenvalue weighted by Gasteiger charge is 2.21. The van der Waals surface area contributed by atoms with Crippen molar-refractivity contribution in [2.24, 2.45) is 0 Å². The topological polar surface area (TPSA) is 75.9 Å². The van der Waals surface area contributed by atoms with E-state index in [1.165, 1.54) is 10.5 Å². The molecule has 1 atom stereocenters. The molecule has 6 nitrogen and oxygen atoms in total. The first kappa shape index (κ1) is 14.5. The van der Waals surface area contributed by atoms with Gasteiger partial charge in [0.25, 0.3) is 0 Å². The predicted octanol–water partition coefficient (Wildman–Crippen LogP) is 2.47. The summed E-state index contributed by atoms with van der Waals surface area (Å²) in [7, 11) is 0. The van der Waals surface area contributed by atoms with Gasteiger partial charge in [-0.25, -0.2) is 14.6 Å². The molecule has 118 valence electrons. The Hall–Kier alpha value is -2.12. The lowest BCUT2D eigenvalue weighted by atomic mass is 10.0. The first-order valence-electron chi connectivity index (χ1n) is 7.62. The summed E-state index contributed by atoms with van der Waals surface area (Å²) in [5.74, 6) is 1.89. The maximum atomic E-state index is 9.11. The zero-order valence-electron chi connectivity index (χ0n) is 12.5. The van der Waals surface area contributed by atoms with E-state index in [-0.39, 0.29) is 12.6 Å². The highest BCUT2D eigenvalue weighted by atomic mass is 32.2. The van der Waals surface area contributed by atoms with Gasteiger partial charge in [-0.3, -0.25) is 0 Å². The third kappa shape index (κ3) is 2.66. The molecule has 2 N–H and O–H groups in total. The summed E-state index contributed by atoms with van der Waals surface area (Å²) >= 11 is 1.90. The van der Waals surface area contributed by atoms with Crippen LogP contribution >= 0.6 is 11.8 Å². The number of aliphatic hydroxyl groups is 1. The number of aliphatic hydroxyl groups excluding tert-OH is 1. The molecule has 1 aliphatic heterocycles. The smallest absolute Gasteiger partial charge is 0.163 e. The number of anilines is 1. The number of hydrogen-bond donors (Lipinski definition) is 2. The number of rotatable bonds is 4. The zero-order valence-corrected chi connectivity index (χ0v) is 13.3. The molecule has 2 aromatic heterocycles. The van der Waals surface area contributed by atoms with Gasteiger partial charge in [-0.05, 0) is 18.1 Å². The van der Waals surface area contributed by atoms with Gasteiger partial charge in [-0.1, -0.05) is 18.2 Å². The second kappa shape index (κ2) is 6.17. The van der Waals surface area contributed by atoms with E-state index < -0.39 is 0 Å². The summed E-state index contributed by atoms with van der Waals surface area (Å²) in [5, 5.41) is 17.8. The molecule has 3 aromatic rings. The van der Waals surface area contributed by atoms with E-state index in [1.54, 1.807) is 17.2 Å². The Bertz CT molecular complexity index is 834. The molecule has 0 bridgehead atoms. The lowest BCUT2D eigenvalue weighted by molar-refractivity contribution is 0.271. The number of fused-ring (bicyclic) bond motifs is 2. The van der Waals surface area contributed by atoms with Crippen LogP contribution in [0.4, 0.5) is 5.82 Å². The molecule has 0 saturated heterocycles. The molecular formula is C16H17N5OS. The highest BCUT2D eigenvalue weighted by molar-refractivity contribution is 7.99. The molecule has 7 heteroatoms. The van der Waals surface area contributed by atoms with Crippen LogP contribution < -0.4 is 5.32 Å². The van der Waals surface area contributed by atoms with Crippen molar-refractivity contribution in [3.8, 4) is 0 Å². The Morgan fingerprint density at radius 1 is 1.30 bits per heavy atom. The van der Waals surface area contributed by atoms with E-state index in [1.807, 2.05) is 11.8 Å². The minimum Gasteiger partial charge on any atom is -0.394 e. The fraction of sp³-hybridized carbons (Fsp3) is 0.312. The standard InChI is InChI=1S/C16H17N5OS/c22-7-6-21-16-12(9-19-21)15(17-10-18-16)20-13-5-8-23-14-4-2-1-3-11(13)14/h1-4,9-10,13,22H,5-8H2,(H,17,18,20)/t13-/m1/s1. The Morgan fingerprint density at radius 2 is 2.22 bits per heavy atom. The molecule has 0 aliphatic carbocycles. The van der Waals surface area contributed by atoms with Crippen molar-refractivity contribution in [2.45, 2.75) is 23.9 Å². The number of nitrogens with zero attached hydrogens (tertiary/aromatic N) is 4. The second-order valence-electron chi connectivity index (χ2n) is 5.42. The molecule has 0 unspecified atom stereocenters. The lowest BCUT2D eigenvalue weighted by Gasteiger charge is -2.26. The summed E-state index contributed by atoms with van der Waals surface area (Å²) in [4.78, 5) is 10.0. The molecule has 1 aromatic carbocycles. The number of benzene rings is 1. The van der Waals surface area contributed by atoms with E-state index >= 15 is 0 Å². The van der Waals surface area contributed by atoms with Crippen LogP contribution in [0.25, 0.3) is 11.0 Å². The maximum Gasteiger partial charge on any atom is 0.163 e. The van der Waals surface area contributed by atoms with Crippen LogP contribution in [-0.4, -0.2) is 37.2 Å². The Kier molecular flexibility index (Phi) is 3.88. The highest BCUT2D eigenvalue weighted by Crippen LogP contribution is 2.38. The third-order valence-corrected chi connectivity index (χ3v) is 5.14. The van der Waals surface area contributed by atoms with Gasteiger partial charge in [0.05, 0.1) is 30.8 Å². The monoisotopic (exact) mass is 327 g/mol. The van der Waals surface area contributed by atoms with Crippen LogP contribution in [-0.2, 0) is 6.54 Å². The van der Waals surface area contributed by atoms with Gasteiger partial charge in [-0.2, -0.15) is 5.10 Å². The van der Waals surface area contributed by atoms with E-state index in [0.29, 0.717) is 6.54 Å². The molecule has 3 heterocycles. The van der Waals surface area contributed by atoms with Gasteiger partial charge in [0.2, 0.25) is 0 Å². The summed E-state index contributed by atoms with van der Waals surface area (Å²) in [5.41, 5.74) is 2.06. The third-order valence-electron chi connectivity index (χ3n) is 4.01. The van der Waals surface area contributed by atoms with Crippen molar-refractivity contribution in [2.75, 3.05) is 17.7 Å². The van der Waals surface area contributed by atoms with Crippen LogP contribution in [0.5, 0.6) is 0 Å². The first-order valence-corrected chi connectivity index (χ1v) is 8.61. The zero-order chi connectivity index (χ0) is 15.6. The Labute approximate surface area is 138 Å². The normalized spacial score (nSPS) is 17.2. The fourth-order valence-corrected chi connectivity index (χ4v) is 4.05. The number of aromatic nitrogens is 4. The van der Waals surface area contributed by atoms with Crippen LogP contribution in [0.3, 0.4) is 0 Å². The fourth-order valence-electron chi connectivity index (χ4n) is 2.92. The summed E-state index contributed by atoms with van der Waals surface area (Å²) in [6, 6.07) is 8.74. The molecule has 1 aliphatic rings. The first-order chi connectivity index (χ1) is 11.4. The maximum absolute atomic E-state index is 9.11. The molecule has 4 rings (SSSR count). The van der Waals surface area contributed by atoms with E-state index in [9.17, 15) is 0 Å². The summed E-state index contributed by atoms with van der Waals surface area (Å²) < 4.78 is 1.70. The number of thioether (sulfide) groups is 1. The van der Waals surface area contributed by atoms with Crippen LogP contribution in [0.2, 0.25) is 0 Å². The van der Waals surface area contributed by atoms with Gasteiger partial charge in [0.1, 0.15) is 12.1 Å². The SMILES string of the molecule is OCCn1ncc2c(N[C@@H]3CCSc4ccccc43)ncnc21. The molecule has 0 spiro atoms. The van der Waals surface area contributed by atoms with Crippen LogP contribution in [0, 0.1) is 0 Å². The molecule has 0 fully saturated rings. The van der Waals surface area contributed by atoms with Crippen molar-refractivity contribution in [3.05, 3.63) is 42.4 Å². The average molecular weight is 327 g/mol. The Morgan fingerprint density at radius 3 is 3.13 bits per heavy atom. The van der Waals surface area contributed by atoms with Crippen molar-refractivity contribution in [1.29, 1.82) is 0 Å². The molecule has 0 amide bonds. The number of hydrogen-bond acceptors (Lipinski definition) is 6. The summed E-state index contributed by atoms with van der Waals surface area (Å²) in [6.45, 7) is 0.472. The lowest BCUT2D eigenvalue weighted by Crippen LogP contribution is -2.17. The van der Waals surface area contributed by atoms with Gasteiger partial charge in [0, 0.05) is 10.6 Å². The molecule has 23 heavy (non-hydrogen) atoms. The molecule has 0 saturated carbocycles. The molecular weight excluding hydrogens is 310 g/mol. The van der Waals surface area contributed by atoms with Gasteiger partial charge >= 0.3 is 0 Å². The van der Waals surface area contributed by atoms with E-state index in [4.69, 9.17) is 5.11 Å². The van der Waals surface area contributed by atoms with Crippen molar-refractivity contribution in [1.82, 2.24) is 19.7 Å². The van der Waals surface area contributed by atoms with Crippen molar-refractivity contribution < 1.29 is 5.11 Å². The Balaban J connectivity index is 1.69. The minimum atomic E-state index is 0.0385.